The van der Waals surface area contributed by atoms with Gasteiger partial charge in [-0.3, -0.25) is 4.79 Å². The first-order chi connectivity index (χ1) is 8.49. The van der Waals surface area contributed by atoms with E-state index in [4.69, 9.17) is 0 Å². The molecule has 1 atom stereocenters. The molecule has 1 amide bonds. The second-order valence-corrected chi connectivity index (χ2v) is 8.09. The van der Waals surface area contributed by atoms with Crippen LogP contribution in [0.3, 0.4) is 0 Å². The Morgan fingerprint density at radius 1 is 1.44 bits per heavy atom. The molecule has 2 fully saturated rings. The standard InChI is InChI=1S/C14H26N2OS/c1-4-5-14(6-7-15-10-14)12(17)16-8-9-18-13(2,3)11-16/h15H,4-11H2,1-3H3. The predicted octanol–water partition coefficient (Wildman–Crippen LogP) is 2.12. The Balaban J connectivity index is 2.09. The topological polar surface area (TPSA) is 32.3 Å². The summed E-state index contributed by atoms with van der Waals surface area (Å²) in [5.41, 5.74) is -0.104. The van der Waals surface area contributed by atoms with Crippen molar-refractivity contribution in [3.05, 3.63) is 0 Å². The molecule has 18 heavy (non-hydrogen) atoms. The maximum absolute atomic E-state index is 12.9. The second kappa shape index (κ2) is 5.41. The highest BCUT2D eigenvalue weighted by Gasteiger charge is 2.44. The highest BCUT2D eigenvalue weighted by atomic mass is 32.2. The maximum atomic E-state index is 12.9. The summed E-state index contributed by atoms with van der Waals surface area (Å²) in [5.74, 6) is 1.48. The lowest BCUT2D eigenvalue weighted by atomic mass is 9.81. The summed E-state index contributed by atoms with van der Waals surface area (Å²) in [7, 11) is 0. The van der Waals surface area contributed by atoms with Crippen molar-refractivity contribution in [1.82, 2.24) is 10.2 Å². The maximum Gasteiger partial charge on any atom is 0.230 e. The normalized spacial score (nSPS) is 31.6. The van der Waals surface area contributed by atoms with Gasteiger partial charge in [0.1, 0.15) is 0 Å². The molecular weight excluding hydrogens is 244 g/mol. The van der Waals surface area contributed by atoms with Gasteiger partial charge in [0, 0.05) is 30.1 Å². The molecule has 0 bridgehead atoms. The SMILES string of the molecule is CCCC1(C(=O)N2CCSC(C)(C)C2)CCNC1. The molecule has 2 aliphatic heterocycles. The average molecular weight is 270 g/mol. The third-order valence-electron chi connectivity index (χ3n) is 4.14. The van der Waals surface area contributed by atoms with E-state index in [0.717, 1.165) is 51.2 Å². The van der Waals surface area contributed by atoms with Crippen LogP contribution in [0.25, 0.3) is 0 Å². The van der Waals surface area contributed by atoms with Crippen LogP contribution in [0.1, 0.15) is 40.0 Å². The fourth-order valence-corrected chi connectivity index (χ4v) is 4.36. The van der Waals surface area contributed by atoms with Gasteiger partial charge >= 0.3 is 0 Å². The van der Waals surface area contributed by atoms with Crippen LogP contribution in [0.5, 0.6) is 0 Å². The predicted molar refractivity (Wildman–Crippen MR) is 77.9 cm³/mol. The van der Waals surface area contributed by atoms with Gasteiger partial charge < -0.3 is 10.2 Å². The lowest BCUT2D eigenvalue weighted by Crippen LogP contribution is -2.52. The van der Waals surface area contributed by atoms with E-state index in [2.05, 4.69) is 31.0 Å². The zero-order chi connectivity index (χ0) is 13.2. The van der Waals surface area contributed by atoms with Crippen molar-refractivity contribution in [2.45, 2.75) is 44.8 Å². The zero-order valence-corrected chi connectivity index (χ0v) is 12.7. The van der Waals surface area contributed by atoms with Crippen molar-refractivity contribution in [3.8, 4) is 0 Å². The highest BCUT2D eigenvalue weighted by Crippen LogP contribution is 2.37. The lowest BCUT2D eigenvalue weighted by molar-refractivity contribution is -0.142. The summed E-state index contributed by atoms with van der Waals surface area (Å²) in [4.78, 5) is 15.0. The van der Waals surface area contributed by atoms with Gasteiger partial charge in [-0.2, -0.15) is 11.8 Å². The van der Waals surface area contributed by atoms with Crippen molar-refractivity contribution < 1.29 is 4.79 Å². The van der Waals surface area contributed by atoms with E-state index < -0.39 is 0 Å². The summed E-state index contributed by atoms with van der Waals surface area (Å²) < 4.78 is 0.216. The van der Waals surface area contributed by atoms with Gasteiger partial charge in [-0.25, -0.2) is 0 Å². The van der Waals surface area contributed by atoms with Gasteiger partial charge in [0.15, 0.2) is 0 Å². The van der Waals surface area contributed by atoms with E-state index in [1.807, 2.05) is 11.8 Å². The molecule has 4 heteroatoms. The number of nitrogens with zero attached hydrogens (tertiary/aromatic N) is 1. The van der Waals surface area contributed by atoms with Gasteiger partial charge in [0.25, 0.3) is 0 Å². The number of thioether (sulfide) groups is 1. The summed E-state index contributed by atoms with van der Waals surface area (Å²) in [6, 6.07) is 0. The number of hydrogen-bond acceptors (Lipinski definition) is 3. The summed E-state index contributed by atoms with van der Waals surface area (Å²) >= 11 is 1.99. The minimum Gasteiger partial charge on any atom is -0.340 e. The Morgan fingerprint density at radius 2 is 2.22 bits per heavy atom. The van der Waals surface area contributed by atoms with E-state index in [0.29, 0.717) is 5.91 Å². The van der Waals surface area contributed by atoms with Crippen LogP contribution in [-0.2, 0) is 4.79 Å². The molecule has 2 heterocycles. The van der Waals surface area contributed by atoms with Crippen LogP contribution in [0.4, 0.5) is 0 Å². The zero-order valence-electron chi connectivity index (χ0n) is 11.9. The van der Waals surface area contributed by atoms with Crippen molar-refractivity contribution in [2.24, 2.45) is 5.41 Å². The fourth-order valence-electron chi connectivity index (χ4n) is 3.25. The molecule has 0 aromatic heterocycles. The Bertz CT molecular complexity index is 311. The van der Waals surface area contributed by atoms with E-state index in [-0.39, 0.29) is 10.2 Å². The minimum atomic E-state index is -0.104. The molecule has 0 saturated carbocycles. The van der Waals surface area contributed by atoms with Crippen LogP contribution >= 0.6 is 11.8 Å². The van der Waals surface area contributed by atoms with Crippen LogP contribution in [0.2, 0.25) is 0 Å². The Hall–Kier alpha value is -0.220. The molecule has 2 saturated heterocycles. The number of amides is 1. The van der Waals surface area contributed by atoms with E-state index >= 15 is 0 Å². The van der Waals surface area contributed by atoms with Crippen LogP contribution in [0.15, 0.2) is 0 Å². The average Bonchev–Trinajstić information content (AvgIpc) is 2.77. The molecule has 3 nitrogen and oxygen atoms in total. The highest BCUT2D eigenvalue weighted by molar-refractivity contribution is 8.00. The van der Waals surface area contributed by atoms with E-state index in [1.54, 1.807) is 0 Å². The van der Waals surface area contributed by atoms with Crippen molar-refractivity contribution in [3.63, 3.8) is 0 Å². The van der Waals surface area contributed by atoms with Gasteiger partial charge in [-0.05, 0) is 33.2 Å². The van der Waals surface area contributed by atoms with Gasteiger partial charge in [0.2, 0.25) is 5.91 Å². The minimum absolute atomic E-state index is 0.104. The van der Waals surface area contributed by atoms with Crippen molar-refractivity contribution in [2.75, 3.05) is 31.9 Å². The fraction of sp³-hybridized carbons (Fsp3) is 0.929. The molecule has 0 radical (unpaired) electrons. The molecular formula is C14H26N2OS. The molecule has 2 aliphatic rings. The third-order valence-corrected chi connectivity index (χ3v) is 5.44. The summed E-state index contributed by atoms with van der Waals surface area (Å²) in [6.07, 6.45) is 3.14. The van der Waals surface area contributed by atoms with E-state index in [1.165, 1.54) is 0 Å². The number of carbonyl (C=O) groups is 1. The first-order valence-corrected chi connectivity index (χ1v) is 8.12. The number of hydrogen-bond donors (Lipinski definition) is 1. The smallest absolute Gasteiger partial charge is 0.230 e. The largest absolute Gasteiger partial charge is 0.340 e. The van der Waals surface area contributed by atoms with Crippen molar-refractivity contribution >= 4 is 17.7 Å². The summed E-state index contributed by atoms with van der Waals surface area (Å²) in [5, 5.41) is 3.39. The lowest BCUT2D eigenvalue weighted by Gasteiger charge is -2.41. The first kappa shape index (κ1) is 14.2. The molecule has 0 aliphatic carbocycles. The third kappa shape index (κ3) is 2.85. The van der Waals surface area contributed by atoms with Crippen LogP contribution < -0.4 is 5.32 Å². The van der Waals surface area contributed by atoms with Crippen molar-refractivity contribution in [1.29, 1.82) is 0 Å². The Morgan fingerprint density at radius 3 is 2.78 bits per heavy atom. The second-order valence-electron chi connectivity index (χ2n) is 6.29. The molecule has 1 N–H and O–H groups in total. The number of carbonyl (C=O) groups excluding carboxylic acids is 1. The molecule has 0 spiro atoms. The quantitative estimate of drug-likeness (QED) is 0.852. The van der Waals surface area contributed by atoms with Gasteiger partial charge in [0.05, 0.1) is 5.41 Å². The van der Waals surface area contributed by atoms with E-state index in [9.17, 15) is 4.79 Å². The molecule has 0 aromatic carbocycles. The number of rotatable bonds is 3. The summed E-state index contributed by atoms with van der Waals surface area (Å²) in [6.45, 7) is 10.4. The Kier molecular flexibility index (Phi) is 4.27. The van der Waals surface area contributed by atoms with Crippen LogP contribution in [-0.4, -0.2) is 47.5 Å². The molecule has 2 rings (SSSR count). The van der Waals surface area contributed by atoms with Gasteiger partial charge in [-0.15, -0.1) is 0 Å². The van der Waals surface area contributed by atoms with Crippen LogP contribution in [0, 0.1) is 5.41 Å². The van der Waals surface area contributed by atoms with Gasteiger partial charge in [-0.1, -0.05) is 13.3 Å². The molecule has 0 aromatic rings. The first-order valence-electron chi connectivity index (χ1n) is 7.13. The molecule has 104 valence electrons. The Labute approximate surface area is 115 Å². The molecule has 1 unspecified atom stereocenters. The number of nitrogens with one attached hydrogen (secondary N) is 1. The monoisotopic (exact) mass is 270 g/mol.